The first-order valence-corrected chi connectivity index (χ1v) is 7.11. The second-order valence-electron chi connectivity index (χ2n) is 6.80. The Balaban J connectivity index is 2.82. The first-order valence-electron chi connectivity index (χ1n) is 7.11. The molecule has 0 aliphatic carbocycles. The van der Waals surface area contributed by atoms with E-state index in [9.17, 15) is 5.11 Å². The number of rotatable bonds is 4. The van der Waals surface area contributed by atoms with Gasteiger partial charge in [-0.3, -0.25) is 4.90 Å². The molecule has 0 aliphatic heterocycles. The van der Waals surface area contributed by atoms with Gasteiger partial charge in [0, 0.05) is 12.1 Å². The zero-order valence-electron chi connectivity index (χ0n) is 13.4. The topological polar surface area (TPSA) is 23.5 Å². The molecule has 108 valence electrons. The highest BCUT2D eigenvalue weighted by molar-refractivity contribution is 5.24. The van der Waals surface area contributed by atoms with Crippen LogP contribution in [0.2, 0.25) is 0 Å². The molecule has 1 aromatic carbocycles. The van der Waals surface area contributed by atoms with E-state index in [0.29, 0.717) is 6.04 Å². The molecule has 0 aliphatic rings. The van der Waals surface area contributed by atoms with E-state index in [1.54, 1.807) is 0 Å². The van der Waals surface area contributed by atoms with Crippen molar-refractivity contribution in [3.05, 3.63) is 35.4 Å². The largest absolute Gasteiger partial charge is 0.387 e. The fourth-order valence-corrected chi connectivity index (χ4v) is 2.23. The van der Waals surface area contributed by atoms with Gasteiger partial charge >= 0.3 is 0 Å². The molecule has 0 saturated heterocycles. The Morgan fingerprint density at radius 3 is 1.95 bits per heavy atom. The van der Waals surface area contributed by atoms with Gasteiger partial charge in [0.1, 0.15) is 0 Å². The van der Waals surface area contributed by atoms with Crippen LogP contribution in [0.3, 0.4) is 0 Å². The summed E-state index contributed by atoms with van der Waals surface area (Å²) in [4.78, 5) is 2.27. The van der Waals surface area contributed by atoms with Gasteiger partial charge in [-0.25, -0.2) is 0 Å². The maximum absolute atomic E-state index is 10.5. The van der Waals surface area contributed by atoms with Crippen LogP contribution in [-0.4, -0.2) is 29.1 Å². The Kier molecular flexibility index (Phi) is 5.17. The molecule has 0 fully saturated rings. The van der Waals surface area contributed by atoms with E-state index in [1.165, 1.54) is 5.56 Å². The monoisotopic (exact) mass is 263 g/mol. The number of likely N-dealkylation sites (N-methyl/N-ethyl adjacent to an activating group) is 1. The molecule has 19 heavy (non-hydrogen) atoms. The van der Waals surface area contributed by atoms with E-state index in [0.717, 1.165) is 5.56 Å². The third-order valence-electron chi connectivity index (χ3n) is 4.38. The zero-order valence-corrected chi connectivity index (χ0v) is 13.4. The molecule has 0 amide bonds. The van der Waals surface area contributed by atoms with Gasteiger partial charge in [0.25, 0.3) is 0 Å². The van der Waals surface area contributed by atoms with E-state index in [2.05, 4.69) is 65.6 Å². The van der Waals surface area contributed by atoms with Gasteiger partial charge in [-0.05, 0) is 38.8 Å². The zero-order chi connectivity index (χ0) is 14.8. The van der Waals surface area contributed by atoms with Gasteiger partial charge in [-0.15, -0.1) is 0 Å². The standard InChI is InChI=1S/C17H29NO/c1-12-8-10-15(11-9-12)16(19)13(2)18(7)14(3)17(4,5)6/h8-11,13-14,16,19H,1-7H3. The first-order chi connectivity index (χ1) is 8.64. The highest BCUT2D eigenvalue weighted by Gasteiger charge is 2.30. The summed E-state index contributed by atoms with van der Waals surface area (Å²) >= 11 is 0. The maximum atomic E-state index is 10.5. The summed E-state index contributed by atoms with van der Waals surface area (Å²) in [6.45, 7) is 13.1. The lowest BCUT2D eigenvalue weighted by atomic mass is 9.86. The number of aryl methyl sites for hydroxylation is 1. The van der Waals surface area contributed by atoms with Crippen LogP contribution >= 0.6 is 0 Å². The third kappa shape index (κ3) is 4.05. The molecule has 2 nitrogen and oxygen atoms in total. The second-order valence-corrected chi connectivity index (χ2v) is 6.80. The Hall–Kier alpha value is -0.860. The van der Waals surface area contributed by atoms with E-state index < -0.39 is 6.10 Å². The number of hydrogen-bond donors (Lipinski definition) is 1. The van der Waals surface area contributed by atoms with Crippen molar-refractivity contribution in [2.45, 2.75) is 59.7 Å². The van der Waals surface area contributed by atoms with Crippen molar-refractivity contribution in [1.82, 2.24) is 4.90 Å². The smallest absolute Gasteiger partial charge is 0.0942 e. The van der Waals surface area contributed by atoms with Crippen LogP contribution in [0.5, 0.6) is 0 Å². The summed E-state index contributed by atoms with van der Waals surface area (Å²) in [6, 6.07) is 8.65. The van der Waals surface area contributed by atoms with Crippen molar-refractivity contribution in [3.63, 3.8) is 0 Å². The molecule has 0 spiro atoms. The molecular weight excluding hydrogens is 234 g/mol. The molecule has 1 rings (SSSR count). The van der Waals surface area contributed by atoms with Crippen molar-refractivity contribution in [1.29, 1.82) is 0 Å². The molecule has 3 atom stereocenters. The highest BCUT2D eigenvalue weighted by Crippen LogP contribution is 2.28. The number of hydrogen-bond acceptors (Lipinski definition) is 2. The van der Waals surface area contributed by atoms with E-state index in [1.807, 2.05) is 12.1 Å². The van der Waals surface area contributed by atoms with E-state index in [4.69, 9.17) is 0 Å². The molecule has 2 heteroatoms. The predicted molar refractivity (Wildman–Crippen MR) is 82.3 cm³/mol. The van der Waals surface area contributed by atoms with Crippen LogP contribution in [0.15, 0.2) is 24.3 Å². The molecule has 1 aromatic rings. The van der Waals surface area contributed by atoms with Crippen molar-refractivity contribution >= 4 is 0 Å². The van der Waals surface area contributed by atoms with Crippen LogP contribution in [0.1, 0.15) is 51.8 Å². The summed E-state index contributed by atoms with van der Waals surface area (Å²) in [5.74, 6) is 0. The van der Waals surface area contributed by atoms with Gasteiger partial charge in [0.2, 0.25) is 0 Å². The van der Waals surface area contributed by atoms with Crippen LogP contribution in [-0.2, 0) is 0 Å². The Bertz CT molecular complexity index is 391. The van der Waals surface area contributed by atoms with Crippen molar-refractivity contribution < 1.29 is 5.11 Å². The van der Waals surface area contributed by atoms with Gasteiger partial charge in [-0.1, -0.05) is 50.6 Å². The van der Waals surface area contributed by atoms with Crippen molar-refractivity contribution in [2.75, 3.05) is 7.05 Å². The van der Waals surface area contributed by atoms with Gasteiger partial charge in [0.15, 0.2) is 0 Å². The average molecular weight is 263 g/mol. The molecular formula is C17H29NO. The number of aliphatic hydroxyl groups excluding tert-OH is 1. The number of aliphatic hydroxyl groups is 1. The Labute approximate surface area is 118 Å². The van der Waals surface area contributed by atoms with Crippen LogP contribution < -0.4 is 0 Å². The molecule has 0 bridgehead atoms. The summed E-state index contributed by atoms with van der Waals surface area (Å²) in [6.07, 6.45) is -0.449. The summed E-state index contributed by atoms with van der Waals surface area (Å²) in [7, 11) is 2.10. The summed E-state index contributed by atoms with van der Waals surface area (Å²) in [5, 5.41) is 10.5. The molecule has 0 radical (unpaired) electrons. The lowest BCUT2D eigenvalue weighted by Crippen LogP contribution is -2.46. The average Bonchev–Trinajstić information content (AvgIpc) is 2.35. The normalized spacial score (nSPS) is 17.3. The van der Waals surface area contributed by atoms with Crippen LogP contribution in [0.25, 0.3) is 0 Å². The minimum atomic E-state index is -0.449. The molecule has 0 heterocycles. The van der Waals surface area contributed by atoms with Gasteiger partial charge in [-0.2, -0.15) is 0 Å². The van der Waals surface area contributed by atoms with E-state index in [-0.39, 0.29) is 11.5 Å². The molecule has 1 N–H and O–H groups in total. The SMILES string of the molecule is Cc1ccc(C(O)C(C)N(C)C(C)C(C)(C)C)cc1. The fourth-order valence-electron chi connectivity index (χ4n) is 2.23. The summed E-state index contributed by atoms with van der Waals surface area (Å²) in [5.41, 5.74) is 2.42. The minimum absolute atomic E-state index is 0.0944. The first kappa shape index (κ1) is 16.2. The highest BCUT2D eigenvalue weighted by atomic mass is 16.3. The van der Waals surface area contributed by atoms with Crippen LogP contribution in [0, 0.1) is 12.3 Å². The maximum Gasteiger partial charge on any atom is 0.0942 e. The fraction of sp³-hybridized carbons (Fsp3) is 0.647. The molecule has 3 unspecified atom stereocenters. The summed E-state index contributed by atoms with van der Waals surface area (Å²) < 4.78 is 0. The van der Waals surface area contributed by atoms with Crippen LogP contribution in [0.4, 0.5) is 0 Å². The van der Waals surface area contributed by atoms with Crippen molar-refractivity contribution in [2.24, 2.45) is 5.41 Å². The third-order valence-corrected chi connectivity index (χ3v) is 4.38. The molecule has 0 saturated carbocycles. The molecule has 0 aromatic heterocycles. The van der Waals surface area contributed by atoms with Gasteiger partial charge in [0.05, 0.1) is 6.10 Å². The Morgan fingerprint density at radius 2 is 1.53 bits per heavy atom. The van der Waals surface area contributed by atoms with E-state index >= 15 is 0 Å². The Morgan fingerprint density at radius 1 is 1.05 bits per heavy atom. The lowest BCUT2D eigenvalue weighted by molar-refractivity contribution is 0.0227. The minimum Gasteiger partial charge on any atom is -0.387 e. The quantitative estimate of drug-likeness (QED) is 0.893. The second kappa shape index (κ2) is 6.06. The van der Waals surface area contributed by atoms with Crippen molar-refractivity contribution in [3.8, 4) is 0 Å². The number of benzene rings is 1. The predicted octanol–water partition coefficient (Wildman–Crippen LogP) is 3.78. The lowest BCUT2D eigenvalue weighted by Gasteiger charge is -2.40. The number of nitrogens with zero attached hydrogens (tertiary/aromatic N) is 1. The van der Waals surface area contributed by atoms with Gasteiger partial charge < -0.3 is 5.11 Å².